The molecular formula is C14H19ClN2O. The summed E-state index contributed by atoms with van der Waals surface area (Å²) >= 11 is 5.93. The van der Waals surface area contributed by atoms with Gasteiger partial charge in [0.25, 0.3) is 5.91 Å². The summed E-state index contributed by atoms with van der Waals surface area (Å²) in [6, 6.07) is 5.43. The van der Waals surface area contributed by atoms with Gasteiger partial charge in [-0.1, -0.05) is 11.6 Å². The van der Waals surface area contributed by atoms with Crippen molar-refractivity contribution in [3.05, 3.63) is 34.3 Å². The molecule has 0 radical (unpaired) electrons. The third-order valence-corrected chi connectivity index (χ3v) is 3.70. The van der Waals surface area contributed by atoms with Crippen LogP contribution in [-0.4, -0.2) is 36.0 Å². The molecule has 1 aliphatic rings. The second-order valence-electron chi connectivity index (χ2n) is 5.41. The fraction of sp³-hybridized carbons (Fsp3) is 0.500. The molecule has 18 heavy (non-hydrogen) atoms. The largest absolute Gasteiger partial charge is 0.331 e. The highest BCUT2D eigenvalue weighted by Crippen LogP contribution is 2.22. The molecule has 0 bridgehead atoms. The quantitative estimate of drug-likeness (QED) is 0.847. The lowest BCUT2D eigenvalue weighted by Gasteiger charge is -2.43. The first-order chi connectivity index (χ1) is 8.42. The fourth-order valence-corrected chi connectivity index (χ4v) is 2.60. The topological polar surface area (TPSA) is 32.3 Å². The highest BCUT2D eigenvalue weighted by atomic mass is 35.5. The summed E-state index contributed by atoms with van der Waals surface area (Å²) in [6.45, 7) is 8.51. The highest BCUT2D eigenvalue weighted by molar-refractivity contribution is 6.30. The molecule has 1 aromatic carbocycles. The first kappa shape index (κ1) is 13.4. The normalized spacial score (nSPS) is 18.8. The first-order valence-corrected chi connectivity index (χ1v) is 6.58. The van der Waals surface area contributed by atoms with E-state index in [0.29, 0.717) is 5.02 Å². The summed E-state index contributed by atoms with van der Waals surface area (Å²) in [4.78, 5) is 14.5. The number of amides is 1. The molecule has 1 aromatic rings. The van der Waals surface area contributed by atoms with E-state index < -0.39 is 0 Å². The van der Waals surface area contributed by atoms with Gasteiger partial charge in [-0.3, -0.25) is 4.79 Å². The average molecular weight is 267 g/mol. The first-order valence-electron chi connectivity index (χ1n) is 6.21. The van der Waals surface area contributed by atoms with Crippen molar-refractivity contribution in [2.45, 2.75) is 26.3 Å². The van der Waals surface area contributed by atoms with Crippen LogP contribution in [0.3, 0.4) is 0 Å². The van der Waals surface area contributed by atoms with E-state index in [1.807, 2.05) is 24.0 Å². The molecule has 4 heteroatoms. The summed E-state index contributed by atoms with van der Waals surface area (Å²) in [5, 5.41) is 3.99. The van der Waals surface area contributed by atoms with E-state index in [1.54, 1.807) is 6.07 Å². The van der Waals surface area contributed by atoms with E-state index in [0.717, 1.165) is 30.8 Å². The maximum atomic E-state index is 12.6. The molecule has 1 aliphatic heterocycles. The van der Waals surface area contributed by atoms with Crippen LogP contribution < -0.4 is 5.32 Å². The lowest BCUT2D eigenvalue weighted by molar-refractivity contribution is 0.0477. The van der Waals surface area contributed by atoms with Gasteiger partial charge in [-0.2, -0.15) is 0 Å². The highest BCUT2D eigenvalue weighted by Gasteiger charge is 2.34. The maximum absolute atomic E-state index is 12.6. The van der Waals surface area contributed by atoms with Gasteiger partial charge in [0.05, 0.1) is 5.54 Å². The molecule has 0 spiro atoms. The summed E-state index contributed by atoms with van der Waals surface area (Å²) in [5.74, 6) is 0.0932. The Morgan fingerprint density at radius 1 is 1.44 bits per heavy atom. The number of nitrogens with one attached hydrogen (secondary N) is 1. The van der Waals surface area contributed by atoms with Crippen LogP contribution in [0.5, 0.6) is 0 Å². The molecule has 98 valence electrons. The number of nitrogens with zero attached hydrogens (tertiary/aromatic N) is 1. The van der Waals surface area contributed by atoms with Crippen molar-refractivity contribution in [3.63, 3.8) is 0 Å². The molecule has 0 aromatic heterocycles. The number of aryl methyl sites for hydroxylation is 1. The number of hydrogen-bond donors (Lipinski definition) is 1. The minimum absolute atomic E-state index is 0.0932. The van der Waals surface area contributed by atoms with E-state index >= 15 is 0 Å². The summed E-state index contributed by atoms with van der Waals surface area (Å²) < 4.78 is 0. The third-order valence-electron chi connectivity index (χ3n) is 3.46. The standard InChI is InChI=1S/C14H19ClN2O/c1-10-8-11(15)4-5-12(10)13(18)17-7-6-16-9-14(17,2)3/h4-5,8,16H,6-7,9H2,1-3H3. The van der Waals surface area contributed by atoms with E-state index in [1.165, 1.54) is 0 Å². The van der Waals surface area contributed by atoms with Gasteiger partial charge < -0.3 is 10.2 Å². The van der Waals surface area contributed by atoms with Crippen LogP contribution in [-0.2, 0) is 0 Å². The van der Waals surface area contributed by atoms with Crippen LogP contribution >= 0.6 is 11.6 Å². The smallest absolute Gasteiger partial charge is 0.254 e. The zero-order valence-corrected chi connectivity index (χ0v) is 11.8. The molecule has 1 N–H and O–H groups in total. The van der Waals surface area contributed by atoms with Crippen molar-refractivity contribution in [1.29, 1.82) is 0 Å². The minimum Gasteiger partial charge on any atom is -0.331 e. The van der Waals surface area contributed by atoms with Crippen molar-refractivity contribution in [3.8, 4) is 0 Å². The molecule has 1 saturated heterocycles. The number of hydrogen-bond acceptors (Lipinski definition) is 2. The van der Waals surface area contributed by atoms with Gasteiger partial charge in [0.1, 0.15) is 0 Å². The van der Waals surface area contributed by atoms with E-state index in [4.69, 9.17) is 11.6 Å². The van der Waals surface area contributed by atoms with Crippen LogP contribution in [0.1, 0.15) is 29.8 Å². The number of carbonyl (C=O) groups excluding carboxylic acids is 1. The zero-order valence-electron chi connectivity index (χ0n) is 11.1. The second-order valence-corrected chi connectivity index (χ2v) is 5.84. The zero-order chi connectivity index (χ0) is 13.3. The predicted molar refractivity (Wildman–Crippen MR) is 74.2 cm³/mol. The van der Waals surface area contributed by atoms with E-state index in [9.17, 15) is 4.79 Å². The van der Waals surface area contributed by atoms with Gasteiger partial charge in [0.15, 0.2) is 0 Å². The summed E-state index contributed by atoms with van der Waals surface area (Å²) in [5.41, 5.74) is 1.53. The Labute approximate surface area is 113 Å². The molecule has 0 atom stereocenters. The predicted octanol–water partition coefficient (Wildman–Crippen LogP) is 2.47. The van der Waals surface area contributed by atoms with Crippen LogP contribution in [0, 0.1) is 6.92 Å². The third kappa shape index (κ3) is 2.52. The van der Waals surface area contributed by atoms with Crippen LogP contribution in [0.4, 0.5) is 0 Å². The molecule has 1 heterocycles. The van der Waals surface area contributed by atoms with Gasteiger partial charge in [-0.05, 0) is 44.5 Å². The van der Waals surface area contributed by atoms with Crippen molar-refractivity contribution in [1.82, 2.24) is 10.2 Å². The monoisotopic (exact) mass is 266 g/mol. The molecule has 2 rings (SSSR count). The molecule has 1 fully saturated rings. The van der Waals surface area contributed by atoms with Crippen LogP contribution in [0.25, 0.3) is 0 Å². The number of rotatable bonds is 1. The molecular weight excluding hydrogens is 248 g/mol. The van der Waals surface area contributed by atoms with Gasteiger partial charge in [-0.15, -0.1) is 0 Å². The van der Waals surface area contributed by atoms with Crippen molar-refractivity contribution in [2.24, 2.45) is 0 Å². The van der Waals surface area contributed by atoms with Crippen LogP contribution in [0.15, 0.2) is 18.2 Å². The molecule has 0 aliphatic carbocycles. The Morgan fingerprint density at radius 2 is 2.17 bits per heavy atom. The maximum Gasteiger partial charge on any atom is 0.254 e. The Balaban J connectivity index is 2.30. The molecule has 0 unspecified atom stereocenters. The summed E-state index contributed by atoms with van der Waals surface area (Å²) in [7, 11) is 0. The molecule has 1 amide bonds. The Bertz CT molecular complexity index is 471. The average Bonchev–Trinajstić information content (AvgIpc) is 2.27. The number of carbonyl (C=O) groups is 1. The van der Waals surface area contributed by atoms with Crippen molar-refractivity contribution in [2.75, 3.05) is 19.6 Å². The lowest BCUT2D eigenvalue weighted by Crippen LogP contribution is -2.59. The fourth-order valence-electron chi connectivity index (χ4n) is 2.37. The number of piperazine rings is 1. The van der Waals surface area contributed by atoms with E-state index in [-0.39, 0.29) is 11.4 Å². The Hall–Kier alpha value is -1.06. The summed E-state index contributed by atoms with van der Waals surface area (Å²) in [6.07, 6.45) is 0. The minimum atomic E-state index is -0.151. The number of halogens is 1. The Kier molecular flexibility index (Phi) is 3.64. The molecule has 3 nitrogen and oxygen atoms in total. The Morgan fingerprint density at radius 3 is 2.78 bits per heavy atom. The van der Waals surface area contributed by atoms with Crippen LogP contribution in [0.2, 0.25) is 5.02 Å². The van der Waals surface area contributed by atoms with Gasteiger partial charge in [0, 0.05) is 30.2 Å². The van der Waals surface area contributed by atoms with Gasteiger partial charge in [-0.25, -0.2) is 0 Å². The van der Waals surface area contributed by atoms with Crippen molar-refractivity contribution < 1.29 is 4.79 Å². The van der Waals surface area contributed by atoms with Gasteiger partial charge in [0.2, 0.25) is 0 Å². The SMILES string of the molecule is Cc1cc(Cl)ccc1C(=O)N1CCNCC1(C)C. The van der Waals surface area contributed by atoms with E-state index in [2.05, 4.69) is 19.2 Å². The van der Waals surface area contributed by atoms with Crippen molar-refractivity contribution >= 4 is 17.5 Å². The number of benzene rings is 1. The lowest BCUT2D eigenvalue weighted by atomic mass is 9.97. The van der Waals surface area contributed by atoms with Gasteiger partial charge >= 0.3 is 0 Å². The molecule has 0 saturated carbocycles. The second kappa shape index (κ2) is 4.90.